The van der Waals surface area contributed by atoms with Crippen molar-refractivity contribution >= 4 is 22.6 Å². The van der Waals surface area contributed by atoms with Crippen LogP contribution < -0.4 is 11.3 Å². The first-order valence-corrected chi connectivity index (χ1v) is 6.69. The van der Waals surface area contributed by atoms with Gasteiger partial charge in [0, 0.05) is 11.9 Å². The van der Waals surface area contributed by atoms with Crippen LogP contribution in [0.3, 0.4) is 0 Å². The van der Waals surface area contributed by atoms with E-state index in [2.05, 4.69) is 0 Å². The third kappa shape index (κ3) is 2.27. The molecule has 1 aromatic heterocycles. The van der Waals surface area contributed by atoms with E-state index in [1.807, 2.05) is 25.1 Å². The second kappa shape index (κ2) is 5.77. The number of carbonyl (C=O) groups is 1. The first kappa shape index (κ1) is 14.1. The van der Waals surface area contributed by atoms with Crippen molar-refractivity contribution in [3.63, 3.8) is 0 Å². The van der Waals surface area contributed by atoms with Gasteiger partial charge in [-0.15, -0.1) is 0 Å². The van der Waals surface area contributed by atoms with Gasteiger partial charge in [0.1, 0.15) is 5.56 Å². The summed E-state index contributed by atoms with van der Waals surface area (Å²) in [7, 11) is 0. The number of fused-ring (bicyclic) bond motifs is 1. The van der Waals surface area contributed by atoms with Crippen LogP contribution in [0.25, 0.3) is 10.9 Å². The molecule has 106 valence electrons. The van der Waals surface area contributed by atoms with Crippen LogP contribution in [0.2, 0.25) is 0 Å². The van der Waals surface area contributed by atoms with Gasteiger partial charge in [0.15, 0.2) is 0 Å². The zero-order valence-corrected chi connectivity index (χ0v) is 11.7. The maximum Gasteiger partial charge on any atom is 0.345 e. The van der Waals surface area contributed by atoms with Gasteiger partial charge in [-0.25, -0.2) is 4.79 Å². The lowest BCUT2D eigenvalue weighted by atomic mass is 10.1. The molecule has 0 bridgehead atoms. The van der Waals surface area contributed by atoms with Gasteiger partial charge in [0.2, 0.25) is 0 Å². The largest absolute Gasteiger partial charge is 0.462 e. The number of rotatable bonds is 4. The Bertz CT molecular complexity index is 704. The van der Waals surface area contributed by atoms with Crippen LogP contribution in [0.5, 0.6) is 0 Å². The van der Waals surface area contributed by atoms with Crippen molar-refractivity contribution in [1.82, 2.24) is 4.57 Å². The van der Waals surface area contributed by atoms with Gasteiger partial charge >= 0.3 is 5.97 Å². The van der Waals surface area contributed by atoms with Crippen LogP contribution in [-0.4, -0.2) is 17.1 Å². The number of ether oxygens (including phenoxy) is 1. The maximum absolute atomic E-state index is 12.5. The molecule has 0 saturated carbocycles. The summed E-state index contributed by atoms with van der Waals surface area (Å²) in [6.07, 6.45) is 0.788. The third-order valence-electron chi connectivity index (χ3n) is 3.14. The van der Waals surface area contributed by atoms with E-state index < -0.39 is 5.97 Å². The average Bonchev–Trinajstić information content (AvgIpc) is 2.44. The van der Waals surface area contributed by atoms with E-state index in [-0.39, 0.29) is 23.4 Å². The number of anilines is 1. The fourth-order valence-corrected chi connectivity index (χ4v) is 2.28. The van der Waals surface area contributed by atoms with E-state index in [9.17, 15) is 9.59 Å². The van der Waals surface area contributed by atoms with Crippen LogP contribution >= 0.6 is 0 Å². The van der Waals surface area contributed by atoms with Crippen molar-refractivity contribution < 1.29 is 9.53 Å². The smallest absolute Gasteiger partial charge is 0.345 e. The molecule has 2 N–H and O–H groups in total. The molecular formula is C15H18N2O3. The summed E-state index contributed by atoms with van der Waals surface area (Å²) in [5.41, 5.74) is 6.48. The number of esters is 1. The monoisotopic (exact) mass is 274 g/mol. The quantitative estimate of drug-likeness (QED) is 0.867. The molecule has 0 aliphatic heterocycles. The Kier molecular flexibility index (Phi) is 4.08. The molecule has 0 aliphatic rings. The SMILES string of the molecule is CCCn1c(=O)c(C(=O)OCC)c(N)c2ccccc21. The molecule has 2 aromatic rings. The fourth-order valence-electron chi connectivity index (χ4n) is 2.28. The van der Waals surface area contributed by atoms with Crippen LogP contribution in [-0.2, 0) is 11.3 Å². The zero-order valence-electron chi connectivity index (χ0n) is 11.7. The Morgan fingerprint density at radius 2 is 2.00 bits per heavy atom. The number of pyridine rings is 1. The summed E-state index contributed by atoms with van der Waals surface area (Å²) < 4.78 is 6.52. The van der Waals surface area contributed by atoms with Crippen molar-refractivity contribution in [1.29, 1.82) is 0 Å². The number of hydrogen-bond donors (Lipinski definition) is 1. The Morgan fingerprint density at radius 3 is 2.65 bits per heavy atom. The van der Waals surface area contributed by atoms with Crippen molar-refractivity contribution in [2.75, 3.05) is 12.3 Å². The zero-order chi connectivity index (χ0) is 14.7. The van der Waals surface area contributed by atoms with E-state index in [0.29, 0.717) is 11.9 Å². The molecule has 0 aliphatic carbocycles. The minimum Gasteiger partial charge on any atom is -0.462 e. The van der Waals surface area contributed by atoms with Crippen LogP contribution in [0.1, 0.15) is 30.6 Å². The highest BCUT2D eigenvalue weighted by molar-refractivity contribution is 6.04. The molecule has 20 heavy (non-hydrogen) atoms. The second-order valence-electron chi connectivity index (χ2n) is 4.48. The Hall–Kier alpha value is -2.30. The number of aryl methyl sites for hydroxylation is 1. The van der Waals surface area contributed by atoms with Gasteiger partial charge in [-0.2, -0.15) is 0 Å². The summed E-state index contributed by atoms with van der Waals surface area (Å²) in [4.78, 5) is 24.5. The highest BCUT2D eigenvalue weighted by atomic mass is 16.5. The van der Waals surface area contributed by atoms with Crippen molar-refractivity contribution in [3.8, 4) is 0 Å². The average molecular weight is 274 g/mol. The lowest BCUT2D eigenvalue weighted by Crippen LogP contribution is -2.29. The Morgan fingerprint density at radius 1 is 1.30 bits per heavy atom. The molecule has 5 nitrogen and oxygen atoms in total. The van der Waals surface area contributed by atoms with E-state index >= 15 is 0 Å². The summed E-state index contributed by atoms with van der Waals surface area (Å²) in [6, 6.07) is 7.31. The molecule has 2 rings (SSSR count). The maximum atomic E-state index is 12.5. The van der Waals surface area contributed by atoms with E-state index in [1.165, 1.54) is 0 Å². The Labute approximate surface area is 117 Å². The highest BCUT2D eigenvalue weighted by Crippen LogP contribution is 2.23. The number of benzene rings is 1. The van der Waals surface area contributed by atoms with E-state index in [1.54, 1.807) is 17.6 Å². The Balaban J connectivity index is 2.82. The second-order valence-corrected chi connectivity index (χ2v) is 4.48. The van der Waals surface area contributed by atoms with E-state index in [4.69, 9.17) is 10.5 Å². The van der Waals surface area contributed by atoms with E-state index in [0.717, 1.165) is 11.9 Å². The lowest BCUT2D eigenvalue weighted by molar-refractivity contribution is 0.0525. The first-order valence-electron chi connectivity index (χ1n) is 6.69. The molecule has 1 heterocycles. The van der Waals surface area contributed by atoms with Gasteiger partial charge in [-0.3, -0.25) is 4.79 Å². The standard InChI is InChI=1S/C15H18N2O3/c1-3-9-17-11-8-6-5-7-10(11)13(16)12(14(17)18)15(19)20-4-2/h5-8H,3-4,9,16H2,1-2H3. The van der Waals surface area contributed by atoms with Gasteiger partial charge in [-0.1, -0.05) is 25.1 Å². The van der Waals surface area contributed by atoms with Crippen molar-refractivity contribution in [2.24, 2.45) is 0 Å². The number of nitrogens with two attached hydrogens (primary N) is 1. The lowest BCUT2D eigenvalue weighted by Gasteiger charge is -2.14. The highest BCUT2D eigenvalue weighted by Gasteiger charge is 2.21. The number of para-hydroxylation sites is 1. The summed E-state index contributed by atoms with van der Waals surface area (Å²) in [5, 5.41) is 0.698. The molecule has 0 spiro atoms. The number of nitrogen functional groups attached to an aromatic ring is 1. The number of nitrogens with zero attached hydrogens (tertiary/aromatic N) is 1. The number of carbonyl (C=O) groups excluding carboxylic acids is 1. The van der Waals surface area contributed by atoms with Crippen LogP contribution in [0.4, 0.5) is 5.69 Å². The predicted molar refractivity (Wildman–Crippen MR) is 78.9 cm³/mol. The molecule has 0 fully saturated rings. The topological polar surface area (TPSA) is 74.3 Å². The molecule has 0 saturated heterocycles. The fraction of sp³-hybridized carbons (Fsp3) is 0.333. The molecule has 0 amide bonds. The minimum atomic E-state index is -0.661. The first-order chi connectivity index (χ1) is 9.61. The van der Waals surface area contributed by atoms with Gasteiger partial charge < -0.3 is 15.0 Å². The molecule has 0 radical (unpaired) electrons. The molecular weight excluding hydrogens is 256 g/mol. The van der Waals surface area contributed by atoms with Crippen molar-refractivity contribution in [3.05, 3.63) is 40.2 Å². The van der Waals surface area contributed by atoms with Gasteiger partial charge in [-0.05, 0) is 19.4 Å². The van der Waals surface area contributed by atoms with Gasteiger partial charge in [0.25, 0.3) is 5.56 Å². The summed E-state index contributed by atoms with van der Waals surface area (Å²) >= 11 is 0. The number of hydrogen-bond acceptors (Lipinski definition) is 4. The van der Waals surface area contributed by atoms with Gasteiger partial charge in [0.05, 0.1) is 17.8 Å². The molecule has 1 aromatic carbocycles. The van der Waals surface area contributed by atoms with Crippen LogP contribution in [0.15, 0.2) is 29.1 Å². The van der Waals surface area contributed by atoms with Crippen LogP contribution in [0, 0.1) is 0 Å². The third-order valence-corrected chi connectivity index (χ3v) is 3.14. The minimum absolute atomic E-state index is 0.0704. The molecule has 0 unspecified atom stereocenters. The predicted octanol–water partition coefficient (Wildman–Crippen LogP) is 2.17. The summed E-state index contributed by atoms with van der Waals surface area (Å²) in [6.45, 7) is 4.41. The van der Waals surface area contributed by atoms with Crippen molar-refractivity contribution in [2.45, 2.75) is 26.8 Å². The normalized spacial score (nSPS) is 10.7. The molecule has 0 atom stereocenters. The number of aromatic nitrogens is 1. The molecule has 5 heteroatoms. The summed E-state index contributed by atoms with van der Waals surface area (Å²) in [5.74, 6) is -0.661.